The Morgan fingerprint density at radius 3 is 2.90 bits per heavy atom. The molecule has 0 amide bonds. The van der Waals surface area contributed by atoms with Crippen molar-refractivity contribution in [3.8, 4) is 11.8 Å². The first-order valence-electron chi connectivity index (χ1n) is 5.82. The van der Waals surface area contributed by atoms with Crippen molar-refractivity contribution in [1.29, 1.82) is 5.26 Å². The highest BCUT2D eigenvalue weighted by atomic mass is 35.5. The number of aromatic nitrogens is 3. The maximum absolute atomic E-state index is 9.04. The number of fused-ring (bicyclic) bond motifs is 1. The third-order valence-corrected chi connectivity index (χ3v) is 3.52. The number of alkyl halides is 1. The fourth-order valence-electron chi connectivity index (χ4n) is 2.09. The Morgan fingerprint density at radius 2 is 2.15 bits per heavy atom. The lowest BCUT2D eigenvalue weighted by Gasteiger charge is -2.10. The summed E-state index contributed by atoms with van der Waals surface area (Å²) in [5.41, 5.74) is 2.81. The van der Waals surface area contributed by atoms with Gasteiger partial charge in [-0.2, -0.15) is 5.26 Å². The van der Waals surface area contributed by atoms with Crippen molar-refractivity contribution >= 4 is 34.2 Å². The normalized spacial score (nSPS) is 10.7. The van der Waals surface area contributed by atoms with E-state index in [-0.39, 0.29) is 5.88 Å². The van der Waals surface area contributed by atoms with Gasteiger partial charge >= 0.3 is 0 Å². The summed E-state index contributed by atoms with van der Waals surface area (Å²) in [7, 11) is 0. The quantitative estimate of drug-likeness (QED) is 0.678. The maximum Gasteiger partial charge on any atom is 0.129 e. The van der Waals surface area contributed by atoms with Gasteiger partial charge < -0.3 is 0 Å². The number of rotatable bonds is 2. The summed E-state index contributed by atoms with van der Waals surface area (Å²) < 4.78 is 1.85. The molecular formula is C14H8Cl2N4. The number of nitriles is 1. The third-order valence-electron chi connectivity index (χ3n) is 2.96. The first-order chi connectivity index (χ1) is 9.74. The average Bonchev–Trinajstić information content (AvgIpc) is 2.86. The molecule has 2 aromatic heterocycles. The van der Waals surface area contributed by atoms with Crippen molar-refractivity contribution in [2.75, 3.05) is 0 Å². The Balaban J connectivity index is 2.37. The lowest BCUT2D eigenvalue weighted by atomic mass is 10.2. The predicted molar refractivity (Wildman–Crippen MR) is 78.1 cm³/mol. The van der Waals surface area contributed by atoms with Crippen LogP contribution in [0.2, 0.25) is 5.02 Å². The minimum absolute atomic E-state index is 0.238. The van der Waals surface area contributed by atoms with Crippen molar-refractivity contribution in [3.63, 3.8) is 0 Å². The topological polar surface area (TPSA) is 54.5 Å². The van der Waals surface area contributed by atoms with Crippen LogP contribution in [0.25, 0.3) is 16.7 Å². The third kappa shape index (κ3) is 2.01. The maximum atomic E-state index is 9.04. The highest BCUT2D eigenvalue weighted by molar-refractivity contribution is 6.32. The zero-order valence-electron chi connectivity index (χ0n) is 10.2. The molecule has 1 aromatic carbocycles. The molecule has 4 nitrogen and oxygen atoms in total. The number of nitrogens with zero attached hydrogens (tertiary/aromatic N) is 4. The number of imidazole rings is 1. The molecule has 20 heavy (non-hydrogen) atoms. The van der Waals surface area contributed by atoms with Gasteiger partial charge in [0.15, 0.2) is 0 Å². The number of hydrogen-bond acceptors (Lipinski definition) is 3. The predicted octanol–water partition coefficient (Wildman–Crippen LogP) is 3.68. The minimum Gasteiger partial charge on any atom is -0.294 e. The van der Waals surface area contributed by atoms with Gasteiger partial charge in [0.05, 0.1) is 39.9 Å². The Hall–Kier alpha value is -2.09. The molecular weight excluding hydrogens is 295 g/mol. The van der Waals surface area contributed by atoms with Gasteiger partial charge in [0.2, 0.25) is 0 Å². The van der Waals surface area contributed by atoms with Crippen LogP contribution in [0.1, 0.15) is 11.4 Å². The molecule has 0 atom stereocenters. The molecule has 98 valence electrons. The van der Waals surface area contributed by atoms with E-state index in [1.165, 1.54) is 0 Å². The number of pyridine rings is 1. The van der Waals surface area contributed by atoms with Crippen LogP contribution in [-0.2, 0) is 5.88 Å². The number of hydrogen-bond donors (Lipinski definition) is 0. The zero-order valence-corrected chi connectivity index (χ0v) is 11.7. The molecule has 0 saturated heterocycles. The fraction of sp³-hybridized carbons (Fsp3) is 0.0714. The van der Waals surface area contributed by atoms with Crippen LogP contribution < -0.4 is 0 Å². The van der Waals surface area contributed by atoms with Gasteiger partial charge in [-0.25, -0.2) is 4.98 Å². The Kier molecular flexibility index (Phi) is 3.31. The van der Waals surface area contributed by atoms with Gasteiger partial charge in [-0.1, -0.05) is 11.6 Å². The monoisotopic (exact) mass is 302 g/mol. The molecule has 3 aromatic rings. The summed E-state index contributed by atoms with van der Waals surface area (Å²) in [5.74, 6) is 0.897. The SMILES string of the molecule is N#Cc1ccc(Cl)c(-n2c(CCl)nc3cnccc32)c1. The first-order valence-corrected chi connectivity index (χ1v) is 6.73. The van der Waals surface area contributed by atoms with Crippen molar-refractivity contribution in [2.45, 2.75) is 5.88 Å². The Morgan fingerprint density at radius 1 is 1.30 bits per heavy atom. The van der Waals surface area contributed by atoms with E-state index in [1.54, 1.807) is 30.6 Å². The van der Waals surface area contributed by atoms with Gasteiger partial charge in [-0.3, -0.25) is 9.55 Å². The molecule has 3 rings (SSSR count). The van der Waals surface area contributed by atoms with Crippen LogP contribution in [0.4, 0.5) is 0 Å². The molecule has 0 radical (unpaired) electrons. The summed E-state index contributed by atoms with van der Waals surface area (Å²) in [6, 6.07) is 9.04. The van der Waals surface area contributed by atoms with Crippen molar-refractivity contribution in [3.05, 3.63) is 53.1 Å². The Bertz CT molecular complexity index is 833. The van der Waals surface area contributed by atoms with E-state index in [0.717, 1.165) is 11.0 Å². The van der Waals surface area contributed by atoms with E-state index in [9.17, 15) is 0 Å². The van der Waals surface area contributed by atoms with Gasteiger partial charge in [-0.05, 0) is 24.3 Å². The van der Waals surface area contributed by atoms with E-state index in [4.69, 9.17) is 28.5 Å². The molecule has 0 spiro atoms. The van der Waals surface area contributed by atoms with Crippen LogP contribution in [0, 0.1) is 11.3 Å². The highest BCUT2D eigenvalue weighted by Crippen LogP contribution is 2.28. The minimum atomic E-state index is 0.238. The number of halogens is 2. The Labute approximate surface area is 125 Å². The van der Waals surface area contributed by atoms with Gasteiger partial charge in [0.1, 0.15) is 11.3 Å². The molecule has 2 heterocycles. The van der Waals surface area contributed by atoms with E-state index < -0.39 is 0 Å². The molecule has 0 fully saturated rings. The van der Waals surface area contributed by atoms with Crippen LogP contribution in [0.15, 0.2) is 36.7 Å². The lowest BCUT2D eigenvalue weighted by Crippen LogP contribution is -2.00. The standard InChI is InChI=1S/C14H8Cl2N4/c15-6-14-19-11-8-18-4-3-12(11)20(14)13-5-9(7-17)1-2-10(13)16/h1-5,8H,6H2. The van der Waals surface area contributed by atoms with Gasteiger partial charge in [-0.15, -0.1) is 11.6 Å². The van der Waals surface area contributed by atoms with E-state index in [2.05, 4.69) is 16.0 Å². The number of benzene rings is 1. The summed E-state index contributed by atoms with van der Waals surface area (Å²) in [6.07, 6.45) is 3.35. The largest absolute Gasteiger partial charge is 0.294 e. The molecule has 0 saturated carbocycles. The molecule has 0 unspecified atom stereocenters. The average molecular weight is 303 g/mol. The summed E-state index contributed by atoms with van der Waals surface area (Å²) in [4.78, 5) is 8.48. The second kappa shape index (κ2) is 5.12. The van der Waals surface area contributed by atoms with Crippen molar-refractivity contribution < 1.29 is 0 Å². The van der Waals surface area contributed by atoms with E-state index in [1.807, 2.05) is 10.6 Å². The molecule has 0 bridgehead atoms. The van der Waals surface area contributed by atoms with Crippen LogP contribution in [0.3, 0.4) is 0 Å². The first kappa shape index (κ1) is 12.9. The summed E-state index contributed by atoms with van der Waals surface area (Å²) >= 11 is 12.2. The van der Waals surface area contributed by atoms with E-state index in [0.29, 0.717) is 22.1 Å². The zero-order chi connectivity index (χ0) is 14.1. The van der Waals surface area contributed by atoms with Gasteiger partial charge in [0.25, 0.3) is 0 Å². The summed E-state index contributed by atoms with van der Waals surface area (Å²) in [6.45, 7) is 0. The molecule has 0 aliphatic rings. The van der Waals surface area contributed by atoms with Crippen molar-refractivity contribution in [1.82, 2.24) is 14.5 Å². The smallest absolute Gasteiger partial charge is 0.129 e. The molecule has 0 aliphatic heterocycles. The fourth-order valence-corrected chi connectivity index (χ4v) is 2.48. The van der Waals surface area contributed by atoms with Crippen LogP contribution in [-0.4, -0.2) is 14.5 Å². The second-order valence-corrected chi connectivity index (χ2v) is 4.81. The van der Waals surface area contributed by atoms with Crippen molar-refractivity contribution in [2.24, 2.45) is 0 Å². The molecule has 0 N–H and O–H groups in total. The highest BCUT2D eigenvalue weighted by Gasteiger charge is 2.14. The van der Waals surface area contributed by atoms with E-state index >= 15 is 0 Å². The van der Waals surface area contributed by atoms with Crippen LogP contribution in [0.5, 0.6) is 0 Å². The van der Waals surface area contributed by atoms with Crippen LogP contribution >= 0.6 is 23.2 Å². The van der Waals surface area contributed by atoms with Gasteiger partial charge in [0, 0.05) is 6.20 Å². The molecule has 6 heteroatoms. The second-order valence-electron chi connectivity index (χ2n) is 4.14. The lowest BCUT2D eigenvalue weighted by molar-refractivity contribution is 0.981. The molecule has 0 aliphatic carbocycles. The summed E-state index contributed by atoms with van der Waals surface area (Å²) in [5, 5.41) is 9.57.